The number of hydrogen-bond acceptors (Lipinski definition) is 9. The minimum atomic E-state index is -0.226. The molecule has 9 nitrogen and oxygen atoms in total. The fourth-order valence-electron chi connectivity index (χ4n) is 4.90. The molecule has 0 bridgehead atoms. The van der Waals surface area contributed by atoms with Crippen LogP contribution >= 0.6 is 0 Å². The van der Waals surface area contributed by atoms with E-state index in [1.807, 2.05) is 54.6 Å². The number of nitrogens with one attached hydrogen (secondary N) is 1. The summed E-state index contributed by atoms with van der Waals surface area (Å²) < 4.78 is 16.5. The van der Waals surface area contributed by atoms with Crippen LogP contribution in [-0.2, 0) is 14.3 Å². The second-order valence-corrected chi connectivity index (χ2v) is 9.94. The summed E-state index contributed by atoms with van der Waals surface area (Å²) in [5.74, 6) is 1.19. The third-order valence-electron chi connectivity index (χ3n) is 7.06. The van der Waals surface area contributed by atoms with Crippen LogP contribution in [0.25, 0.3) is 16.5 Å². The van der Waals surface area contributed by atoms with E-state index < -0.39 is 0 Å². The van der Waals surface area contributed by atoms with E-state index in [1.165, 1.54) is 24.6 Å². The summed E-state index contributed by atoms with van der Waals surface area (Å²) in [6.45, 7) is 3.70. The molecule has 0 saturated carbocycles. The molecule has 0 atom stereocenters. The molecule has 0 radical (unpaired) electrons. The zero-order chi connectivity index (χ0) is 30.2. The van der Waals surface area contributed by atoms with E-state index in [0.717, 1.165) is 36.1 Å². The first kappa shape index (κ1) is 29.5. The summed E-state index contributed by atoms with van der Waals surface area (Å²) in [6, 6.07) is 19.5. The van der Waals surface area contributed by atoms with Gasteiger partial charge in [-0.25, -0.2) is 9.97 Å². The van der Waals surface area contributed by atoms with Crippen LogP contribution in [0.1, 0.15) is 25.3 Å². The molecule has 0 aliphatic heterocycles. The Balaban J connectivity index is 1.58. The molecule has 4 aromatic rings. The highest BCUT2D eigenvalue weighted by atomic mass is 16.5. The molecule has 9 heteroatoms. The molecule has 1 aromatic heterocycles. The van der Waals surface area contributed by atoms with Crippen molar-refractivity contribution in [2.24, 2.45) is 0 Å². The Morgan fingerprint density at radius 2 is 1.74 bits per heavy atom. The fraction of sp³-hybridized carbons (Fsp3) is 0.235. The number of hydrogen-bond donors (Lipinski definition) is 1. The van der Waals surface area contributed by atoms with Gasteiger partial charge in [0.2, 0.25) is 0 Å². The lowest BCUT2D eigenvalue weighted by Gasteiger charge is -2.28. The normalized spacial score (nSPS) is 12.8. The number of allylic oxidation sites excluding steroid dienone is 4. The van der Waals surface area contributed by atoms with Gasteiger partial charge in [-0.05, 0) is 61.0 Å². The molecule has 0 saturated heterocycles. The van der Waals surface area contributed by atoms with Crippen LogP contribution in [0, 0.1) is 0 Å². The zero-order valence-corrected chi connectivity index (χ0v) is 24.5. The van der Waals surface area contributed by atoms with E-state index in [2.05, 4.69) is 27.1 Å². The number of rotatable bonds is 13. The molecule has 5 rings (SSSR count). The number of fused-ring (bicyclic) bond motifs is 1. The molecular weight excluding hydrogens is 544 g/mol. The van der Waals surface area contributed by atoms with Gasteiger partial charge in [-0.1, -0.05) is 31.5 Å². The number of aromatic nitrogens is 2. The highest BCUT2D eigenvalue weighted by Crippen LogP contribution is 2.38. The van der Waals surface area contributed by atoms with E-state index in [4.69, 9.17) is 14.2 Å². The van der Waals surface area contributed by atoms with E-state index in [1.54, 1.807) is 20.3 Å². The van der Waals surface area contributed by atoms with Crippen molar-refractivity contribution in [2.45, 2.75) is 19.8 Å². The second-order valence-electron chi connectivity index (χ2n) is 9.94. The molecule has 0 spiro atoms. The van der Waals surface area contributed by atoms with Crippen molar-refractivity contribution in [1.29, 1.82) is 0 Å². The van der Waals surface area contributed by atoms with Crippen molar-refractivity contribution in [3.05, 3.63) is 90.8 Å². The highest BCUT2D eigenvalue weighted by molar-refractivity contribution is 6.34. The van der Waals surface area contributed by atoms with Crippen molar-refractivity contribution in [2.75, 3.05) is 44.2 Å². The Bertz CT molecular complexity index is 1680. The first-order chi connectivity index (χ1) is 21.0. The summed E-state index contributed by atoms with van der Waals surface area (Å²) in [7, 11) is 3.19. The molecule has 0 unspecified atom stereocenters. The van der Waals surface area contributed by atoms with Gasteiger partial charge in [-0.15, -0.1) is 0 Å². The quantitative estimate of drug-likeness (QED) is 0.142. The molecule has 43 heavy (non-hydrogen) atoms. The number of carbonyl (C=O) groups is 2. The van der Waals surface area contributed by atoms with Crippen molar-refractivity contribution < 1.29 is 23.8 Å². The Morgan fingerprint density at radius 1 is 0.907 bits per heavy atom. The molecule has 1 aliphatic rings. The molecule has 0 fully saturated rings. The number of para-hydroxylation sites is 1. The first-order valence-electron chi connectivity index (χ1n) is 14.2. The van der Waals surface area contributed by atoms with Crippen LogP contribution in [0.3, 0.4) is 0 Å². The van der Waals surface area contributed by atoms with E-state index in [-0.39, 0.29) is 11.6 Å². The van der Waals surface area contributed by atoms with Crippen molar-refractivity contribution in [3.63, 3.8) is 0 Å². The number of anilines is 4. The SMILES string of the molecule is CCCCN(c1ccccc1)c1ccc(Nc2ncnc3cc(OCCOC)c(OC)cc23)cc1C1=CC(=O)C=CC1=O. The Labute approximate surface area is 250 Å². The summed E-state index contributed by atoms with van der Waals surface area (Å²) in [5, 5.41) is 4.12. The summed E-state index contributed by atoms with van der Waals surface area (Å²) in [5.41, 5.74) is 4.18. The number of ether oxygens (including phenoxy) is 3. The second kappa shape index (κ2) is 13.8. The molecule has 1 aliphatic carbocycles. The fourth-order valence-corrected chi connectivity index (χ4v) is 4.90. The minimum absolute atomic E-state index is 0.222. The average Bonchev–Trinajstić information content (AvgIpc) is 3.03. The topological polar surface area (TPSA) is 103 Å². The first-order valence-corrected chi connectivity index (χ1v) is 14.2. The van der Waals surface area contributed by atoms with Crippen molar-refractivity contribution in [1.82, 2.24) is 9.97 Å². The molecular formula is C34H34N4O5. The summed E-state index contributed by atoms with van der Waals surface area (Å²) >= 11 is 0. The van der Waals surface area contributed by atoms with Gasteiger partial charge in [0.05, 0.1) is 19.2 Å². The van der Waals surface area contributed by atoms with Crippen molar-refractivity contribution in [3.8, 4) is 11.5 Å². The Morgan fingerprint density at radius 3 is 2.51 bits per heavy atom. The Kier molecular flexibility index (Phi) is 9.43. The smallest absolute Gasteiger partial charge is 0.186 e. The maximum Gasteiger partial charge on any atom is 0.186 e. The summed E-state index contributed by atoms with van der Waals surface area (Å²) in [6.07, 6.45) is 7.47. The van der Waals surface area contributed by atoms with Crippen LogP contribution in [0.15, 0.2) is 85.2 Å². The van der Waals surface area contributed by atoms with Gasteiger partial charge in [0.15, 0.2) is 23.1 Å². The van der Waals surface area contributed by atoms with Crippen LogP contribution in [-0.4, -0.2) is 55.5 Å². The van der Waals surface area contributed by atoms with Gasteiger partial charge in [0.25, 0.3) is 0 Å². The molecule has 3 aromatic carbocycles. The zero-order valence-electron chi connectivity index (χ0n) is 24.5. The lowest BCUT2D eigenvalue weighted by molar-refractivity contribution is -0.113. The predicted molar refractivity (Wildman–Crippen MR) is 169 cm³/mol. The third-order valence-corrected chi connectivity index (χ3v) is 7.06. The molecule has 1 heterocycles. The van der Waals surface area contributed by atoms with Gasteiger partial charge < -0.3 is 24.4 Å². The van der Waals surface area contributed by atoms with Gasteiger partial charge >= 0.3 is 0 Å². The van der Waals surface area contributed by atoms with Gasteiger partial charge in [0.1, 0.15) is 18.8 Å². The van der Waals surface area contributed by atoms with Crippen LogP contribution in [0.2, 0.25) is 0 Å². The van der Waals surface area contributed by atoms with E-state index >= 15 is 0 Å². The number of carbonyl (C=O) groups excluding carboxylic acids is 2. The van der Waals surface area contributed by atoms with Gasteiger partial charge in [-0.2, -0.15) is 0 Å². The van der Waals surface area contributed by atoms with E-state index in [9.17, 15) is 9.59 Å². The largest absolute Gasteiger partial charge is 0.493 e. The number of nitrogens with zero attached hydrogens (tertiary/aromatic N) is 3. The maximum absolute atomic E-state index is 13.1. The van der Waals surface area contributed by atoms with Gasteiger partial charge in [0, 0.05) is 53.3 Å². The van der Waals surface area contributed by atoms with Gasteiger partial charge in [-0.3, -0.25) is 9.59 Å². The summed E-state index contributed by atoms with van der Waals surface area (Å²) in [4.78, 5) is 36.6. The molecule has 220 valence electrons. The third kappa shape index (κ3) is 6.73. The predicted octanol–water partition coefficient (Wildman–Crippen LogP) is 6.44. The molecule has 0 amide bonds. The number of benzene rings is 3. The monoisotopic (exact) mass is 578 g/mol. The van der Waals surface area contributed by atoms with Crippen LogP contribution in [0.5, 0.6) is 11.5 Å². The van der Waals surface area contributed by atoms with E-state index in [0.29, 0.717) is 52.9 Å². The molecule has 1 N–H and O–H groups in total. The minimum Gasteiger partial charge on any atom is -0.493 e. The van der Waals surface area contributed by atoms with Crippen molar-refractivity contribution >= 4 is 50.9 Å². The number of ketones is 2. The van der Waals surface area contributed by atoms with Crippen LogP contribution in [0.4, 0.5) is 22.9 Å². The van der Waals surface area contributed by atoms with Crippen LogP contribution < -0.4 is 19.7 Å². The highest BCUT2D eigenvalue weighted by Gasteiger charge is 2.23. The lowest BCUT2D eigenvalue weighted by Crippen LogP contribution is -2.21. The maximum atomic E-state index is 13.1. The number of unbranched alkanes of at least 4 members (excludes halogenated alkanes) is 1. The average molecular weight is 579 g/mol. The Hall–Kier alpha value is -5.02. The number of methoxy groups -OCH3 is 2. The lowest BCUT2D eigenvalue weighted by atomic mass is 9.93. The standard InChI is InChI=1S/C34H34N4O5/c1-4-5-15-38(24-9-7-6-8-10-24)30-13-11-23(18-26(30)27-19-25(39)12-14-31(27)40)37-34-28-20-32(42-3)33(43-17-16-41-2)21-29(28)35-22-36-34/h6-14,18-22H,4-5,15-17H2,1-3H3,(H,35,36,37).